The molecule has 1 heterocycles. The number of ether oxygens (including phenoxy) is 1. The largest absolute Gasteiger partial charge is 0.378 e. The smallest absolute Gasteiger partial charge is 0.108 e. The lowest BCUT2D eigenvalue weighted by molar-refractivity contribution is -0.0106. The predicted molar refractivity (Wildman–Crippen MR) is 64.1 cm³/mol. The summed E-state index contributed by atoms with van der Waals surface area (Å²) >= 11 is 0. The van der Waals surface area contributed by atoms with Gasteiger partial charge in [-0.1, -0.05) is 6.92 Å². The molecule has 2 atom stereocenters. The molecule has 1 fully saturated rings. The first-order chi connectivity index (χ1) is 7.67. The summed E-state index contributed by atoms with van der Waals surface area (Å²) in [5.74, 6) is 0. The van der Waals surface area contributed by atoms with Crippen molar-refractivity contribution < 1.29 is 4.74 Å². The van der Waals surface area contributed by atoms with Gasteiger partial charge in [0, 0.05) is 25.2 Å². The van der Waals surface area contributed by atoms with Gasteiger partial charge >= 0.3 is 0 Å². The normalized spacial score (nSPS) is 24.3. The van der Waals surface area contributed by atoms with Crippen LogP contribution in [0, 0.1) is 11.3 Å². The topological polar surface area (TPSA) is 48.3 Å². The molecule has 0 aromatic heterocycles. The molecule has 0 bridgehead atoms. The van der Waals surface area contributed by atoms with E-state index >= 15 is 0 Å². The van der Waals surface area contributed by atoms with Crippen molar-refractivity contribution in [1.82, 2.24) is 10.2 Å². The maximum Gasteiger partial charge on any atom is 0.108 e. The summed E-state index contributed by atoms with van der Waals surface area (Å²) in [6.07, 6.45) is 1.08. The van der Waals surface area contributed by atoms with Gasteiger partial charge < -0.3 is 4.74 Å². The van der Waals surface area contributed by atoms with Crippen LogP contribution in [-0.2, 0) is 4.74 Å². The van der Waals surface area contributed by atoms with Gasteiger partial charge in [0.25, 0.3) is 0 Å². The van der Waals surface area contributed by atoms with Crippen LogP contribution in [0.3, 0.4) is 0 Å². The first-order valence-electron chi connectivity index (χ1n) is 6.14. The van der Waals surface area contributed by atoms with Crippen LogP contribution >= 0.6 is 0 Å². The minimum atomic E-state index is -0.0767. The van der Waals surface area contributed by atoms with Crippen molar-refractivity contribution in [3.63, 3.8) is 0 Å². The lowest BCUT2D eigenvalue weighted by atomic mass is 10.1. The quantitative estimate of drug-likeness (QED) is 0.758. The lowest BCUT2D eigenvalue weighted by Crippen LogP contribution is -2.51. The summed E-state index contributed by atoms with van der Waals surface area (Å²) in [5, 5.41) is 12.4. The molecule has 0 aromatic carbocycles. The average molecular weight is 225 g/mol. The molecule has 1 N–H and O–H groups in total. The standard InChI is InChI=1S/C12H23N3O/c1-4-12-9-16-6-5-15(12)8-11(7-13)14-10(2)3/h10-12,14H,4-6,8-9H2,1-3H3. The van der Waals surface area contributed by atoms with Gasteiger partial charge in [-0.3, -0.25) is 10.2 Å². The van der Waals surface area contributed by atoms with E-state index in [1.807, 2.05) is 0 Å². The summed E-state index contributed by atoms with van der Waals surface area (Å²) in [6.45, 7) is 9.64. The Morgan fingerprint density at radius 1 is 1.56 bits per heavy atom. The third kappa shape index (κ3) is 4.09. The Labute approximate surface area is 98.6 Å². The number of nitrogens with one attached hydrogen (secondary N) is 1. The number of hydrogen-bond acceptors (Lipinski definition) is 4. The molecular weight excluding hydrogens is 202 g/mol. The van der Waals surface area contributed by atoms with Crippen molar-refractivity contribution >= 4 is 0 Å². The predicted octanol–water partition coefficient (Wildman–Crippen LogP) is 0.987. The van der Waals surface area contributed by atoms with E-state index in [9.17, 15) is 0 Å². The van der Waals surface area contributed by atoms with Crippen molar-refractivity contribution in [2.75, 3.05) is 26.3 Å². The Morgan fingerprint density at radius 2 is 2.31 bits per heavy atom. The minimum Gasteiger partial charge on any atom is -0.378 e. The van der Waals surface area contributed by atoms with Crippen LogP contribution in [0.5, 0.6) is 0 Å². The van der Waals surface area contributed by atoms with Crippen LogP contribution in [-0.4, -0.2) is 49.3 Å². The van der Waals surface area contributed by atoms with Crippen molar-refractivity contribution in [2.24, 2.45) is 0 Å². The Bertz CT molecular complexity index is 237. The first-order valence-corrected chi connectivity index (χ1v) is 6.14. The van der Waals surface area contributed by atoms with Gasteiger partial charge in [0.2, 0.25) is 0 Å². The second-order valence-electron chi connectivity index (χ2n) is 4.63. The van der Waals surface area contributed by atoms with Crippen LogP contribution in [0.15, 0.2) is 0 Å². The second kappa shape index (κ2) is 6.85. The van der Waals surface area contributed by atoms with Crippen LogP contribution in [0.1, 0.15) is 27.2 Å². The van der Waals surface area contributed by atoms with E-state index in [0.29, 0.717) is 12.1 Å². The molecule has 2 unspecified atom stereocenters. The van der Waals surface area contributed by atoms with E-state index in [-0.39, 0.29) is 6.04 Å². The number of nitriles is 1. The second-order valence-corrected chi connectivity index (χ2v) is 4.63. The van der Waals surface area contributed by atoms with Crippen LogP contribution in [0.4, 0.5) is 0 Å². The van der Waals surface area contributed by atoms with Crippen molar-refractivity contribution in [3.8, 4) is 6.07 Å². The fraction of sp³-hybridized carbons (Fsp3) is 0.917. The van der Waals surface area contributed by atoms with Gasteiger partial charge in [-0.25, -0.2) is 0 Å². The molecular formula is C12H23N3O. The van der Waals surface area contributed by atoms with Crippen molar-refractivity contribution in [1.29, 1.82) is 5.26 Å². The van der Waals surface area contributed by atoms with E-state index in [4.69, 9.17) is 10.00 Å². The summed E-state index contributed by atoms with van der Waals surface area (Å²) < 4.78 is 5.45. The van der Waals surface area contributed by atoms with E-state index in [0.717, 1.165) is 32.7 Å². The Hall–Kier alpha value is -0.630. The highest BCUT2D eigenvalue weighted by atomic mass is 16.5. The molecule has 0 amide bonds. The van der Waals surface area contributed by atoms with E-state index < -0.39 is 0 Å². The monoisotopic (exact) mass is 225 g/mol. The minimum absolute atomic E-state index is 0.0767. The number of hydrogen-bond donors (Lipinski definition) is 1. The molecule has 0 aromatic rings. The van der Waals surface area contributed by atoms with E-state index in [1.165, 1.54) is 0 Å². The number of nitrogens with zero attached hydrogens (tertiary/aromatic N) is 2. The third-order valence-electron chi connectivity index (χ3n) is 2.93. The molecule has 1 aliphatic heterocycles. The van der Waals surface area contributed by atoms with Crippen molar-refractivity contribution in [2.45, 2.75) is 45.3 Å². The molecule has 16 heavy (non-hydrogen) atoms. The van der Waals surface area contributed by atoms with E-state index in [2.05, 4.69) is 37.1 Å². The molecule has 0 spiro atoms. The highest BCUT2D eigenvalue weighted by Crippen LogP contribution is 2.10. The maximum atomic E-state index is 9.09. The molecule has 4 heteroatoms. The Kier molecular flexibility index (Phi) is 5.75. The molecule has 0 saturated carbocycles. The van der Waals surface area contributed by atoms with Gasteiger partial charge in [0.1, 0.15) is 6.04 Å². The fourth-order valence-corrected chi connectivity index (χ4v) is 2.07. The van der Waals surface area contributed by atoms with Gasteiger partial charge in [0.05, 0.1) is 19.3 Å². The van der Waals surface area contributed by atoms with Crippen LogP contribution < -0.4 is 5.32 Å². The summed E-state index contributed by atoms with van der Waals surface area (Å²) in [5.41, 5.74) is 0. The summed E-state index contributed by atoms with van der Waals surface area (Å²) in [4.78, 5) is 2.37. The summed E-state index contributed by atoms with van der Waals surface area (Å²) in [7, 11) is 0. The molecule has 0 radical (unpaired) electrons. The molecule has 0 aliphatic carbocycles. The zero-order valence-electron chi connectivity index (χ0n) is 10.6. The van der Waals surface area contributed by atoms with Crippen molar-refractivity contribution in [3.05, 3.63) is 0 Å². The SMILES string of the molecule is CCC1COCCN1CC(C#N)NC(C)C. The van der Waals surface area contributed by atoms with Gasteiger partial charge in [-0.15, -0.1) is 0 Å². The average Bonchev–Trinajstić information content (AvgIpc) is 2.28. The Balaban J connectivity index is 2.46. The zero-order valence-corrected chi connectivity index (χ0v) is 10.6. The number of morpholine rings is 1. The zero-order chi connectivity index (χ0) is 12.0. The Morgan fingerprint density at radius 3 is 2.88 bits per heavy atom. The number of rotatable bonds is 5. The van der Waals surface area contributed by atoms with Crippen LogP contribution in [0.25, 0.3) is 0 Å². The first kappa shape index (κ1) is 13.4. The molecule has 92 valence electrons. The van der Waals surface area contributed by atoms with Gasteiger partial charge in [-0.05, 0) is 20.3 Å². The highest BCUT2D eigenvalue weighted by Gasteiger charge is 2.24. The molecule has 4 nitrogen and oxygen atoms in total. The van der Waals surface area contributed by atoms with Crippen LogP contribution in [0.2, 0.25) is 0 Å². The van der Waals surface area contributed by atoms with Gasteiger partial charge in [-0.2, -0.15) is 5.26 Å². The van der Waals surface area contributed by atoms with Gasteiger partial charge in [0.15, 0.2) is 0 Å². The molecule has 1 aliphatic rings. The maximum absolute atomic E-state index is 9.09. The summed E-state index contributed by atoms with van der Waals surface area (Å²) in [6, 6.07) is 3.08. The molecule has 1 saturated heterocycles. The highest BCUT2D eigenvalue weighted by molar-refractivity contribution is 4.94. The third-order valence-corrected chi connectivity index (χ3v) is 2.93. The lowest BCUT2D eigenvalue weighted by Gasteiger charge is -2.36. The molecule has 1 rings (SSSR count). The van der Waals surface area contributed by atoms with E-state index in [1.54, 1.807) is 0 Å². The fourth-order valence-electron chi connectivity index (χ4n) is 2.07.